The summed E-state index contributed by atoms with van der Waals surface area (Å²) in [5.41, 5.74) is 0. The Balaban J connectivity index is 2.43. The molecular weight excluding hydrogens is 199 g/mol. The highest BCUT2D eigenvalue weighted by atomic mass is 19.1. The summed E-state index contributed by atoms with van der Waals surface area (Å²) in [6, 6.07) is 2.75. The molecular formula is C10H13FN2O2. The minimum atomic E-state index is -0.446. The van der Waals surface area contributed by atoms with Gasteiger partial charge in [0.05, 0.1) is 12.7 Å². The molecule has 1 aromatic heterocycles. The average molecular weight is 212 g/mol. The molecule has 1 aromatic rings. The number of anilines is 1. The number of methoxy groups -OCH3 is 1. The van der Waals surface area contributed by atoms with Crippen LogP contribution in [-0.4, -0.2) is 30.5 Å². The Morgan fingerprint density at radius 3 is 2.93 bits per heavy atom. The second-order valence-corrected chi connectivity index (χ2v) is 3.06. The van der Waals surface area contributed by atoms with E-state index in [0.717, 1.165) is 6.20 Å². The minimum Gasteiger partial charge on any atom is -0.374 e. The molecule has 0 unspecified atom stereocenters. The maximum atomic E-state index is 12.5. The summed E-state index contributed by atoms with van der Waals surface area (Å²) in [5.74, 6) is -0.0196. The highest BCUT2D eigenvalue weighted by molar-refractivity contribution is 5.86. The lowest BCUT2D eigenvalue weighted by Crippen LogP contribution is -2.26. The average Bonchev–Trinajstić information content (AvgIpc) is 2.26. The maximum absolute atomic E-state index is 12.5. The number of nitrogens with zero attached hydrogens (tertiary/aromatic N) is 1. The summed E-state index contributed by atoms with van der Waals surface area (Å²) in [6.45, 7) is 1.79. The van der Waals surface area contributed by atoms with Gasteiger partial charge in [0.1, 0.15) is 17.7 Å². The predicted octanol–water partition coefficient (Wildman–Crippen LogP) is 1.24. The Bertz CT molecular complexity index is 327. The van der Waals surface area contributed by atoms with Gasteiger partial charge >= 0.3 is 0 Å². The van der Waals surface area contributed by atoms with E-state index in [1.807, 2.05) is 0 Å². The van der Waals surface area contributed by atoms with Crippen molar-refractivity contribution in [3.63, 3.8) is 0 Å². The number of halogens is 1. The van der Waals surface area contributed by atoms with Gasteiger partial charge in [0.15, 0.2) is 5.78 Å². The van der Waals surface area contributed by atoms with Gasteiger partial charge in [0.25, 0.3) is 0 Å². The van der Waals surface area contributed by atoms with Gasteiger partial charge in [0.2, 0.25) is 0 Å². The molecule has 0 aliphatic heterocycles. The van der Waals surface area contributed by atoms with E-state index in [1.54, 1.807) is 6.92 Å². The van der Waals surface area contributed by atoms with Gasteiger partial charge in [-0.3, -0.25) is 4.79 Å². The van der Waals surface area contributed by atoms with Crippen LogP contribution in [0.15, 0.2) is 18.3 Å². The van der Waals surface area contributed by atoms with Crippen LogP contribution >= 0.6 is 0 Å². The van der Waals surface area contributed by atoms with Crippen LogP contribution in [0.5, 0.6) is 0 Å². The third-order valence-corrected chi connectivity index (χ3v) is 1.98. The van der Waals surface area contributed by atoms with E-state index in [0.29, 0.717) is 5.82 Å². The zero-order valence-electron chi connectivity index (χ0n) is 8.66. The fourth-order valence-corrected chi connectivity index (χ4v) is 0.933. The Hall–Kier alpha value is -1.49. The molecule has 1 rings (SSSR count). The van der Waals surface area contributed by atoms with Crippen molar-refractivity contribution in [2.24, 2.45) is 0 Å². The Morgan fingerprint density at radius 1 is 1.67 bits per heavy atom. The van der Waals surface area contributed by atoms with Crippen LogP contribution in [0.3, 0.4) is 0 Å². The molecule has 0 bridgehead atoms. The van der Waals surface area contributed by atoms with Crippen molar-refractivity contribution >= 4 is 11.6 Å². The van der Waals surface area contributed by atoms with Gasteiger partial charge in [-0.05, 0) is 19.1 Å². The lowest BCUT2D eigenvalue weighted by Gasteiger charge is -2.09. The molecule has 1 atom stereocenters. The summed E-state index contributed by atoms with van der Waals surface area (Å²) in [6.07, 6.45) is 0.643. The highest BCUT2D eigenvalue weighted by Gasteiger charge is 2.10. The highest BCUT2D eigenvalue weighted by Crippen LogP contribution is 2.03. The number of hydrogen-bond acceptors (Lipinski definition) is 4. The number of aromatic nitrogens is 1. The van der Waals surface area contributed by atoms with Gasteiger partial charge in [-0.25, -0.2) is 9.37 Å². The van der Waals surface area contributed by atoms with Crippen LogP contribution in [0.2, 0.25) is 0 Å². The van der Waals surface area contributed by atoms with Crippen molar-refractivity contribution < 1.29 is 13.9 Å². The van der Waals surface area contributed by atoms with Crippen LogP contribution < -0.4 is 5.32 Å². The first-order valence-electron chi connectivity index (χ1n) is 4.54. The molecule has 1 heterocycles. The molecule has 0 amide bonds. The zero-order valence-corrected chi connectivity index (χ0v) is 8.66. The molecule has 82 valence electrons. The van der Waals surface area contributed by atoms with E-state index in [1.165, 1.54) is 19.2 Å². The molecule has 15 heavy (non-hydrogen) atoms. The van der Waals surface area contributed by atoms with E-state index in [9.17, 15) is 9.18 Å². The summed E-state index contributed by atoms with van der Waals surface area (Å²) >= 11 is 0. The zero-order chi connectivity index (χ0) is 11.3. The van der Waals surface area contributed by atoms with Crippen molar-refractivity contribution in [1.29, 1.82) is 0 Å². The Kier molecular flexibility index (Phi) is 4.17. The van der Waals surface area contributed by atoms with Gasteiger partial charge in [-0.15, -0.1) is 0 Å². The van der Waals surface area contributed by atoms with Crippen molar-refractivity contribution in [2.75, 3.05) is 19.0 Å². The summed E-state index contributed by atoms with van der Waals surface area (Å²) in [7, 11) is 1.47. The van der Waals surface area contributed by atoms with Gasteiger partial charge in [-0.1, -0.05) is 0 Å². The number of Topliss-reactive ketones (excluding diaryl/α,β-unsaturated/α-hetero) is 1. The van der Waals surface area contributed by atoms with Gasteiger partial charge in [-0.2, -0.15) is 0 Å². The van der Waals surface area contributed by atoms with Crippen molar-refractivity contribution in [1.82, 2.24) is 4.98 Å². The molecule has 0 aliphatic rings. The predicted molar refractivity (Wildman–Crippen MR) is 54.2 cm³/mol. The first-order chi connectivity index (χ1) is 7.13. The molecule has 0 aliphatic carbocycles. The Labute approximate surface area is 87.5 Å². The minimum absolute atomic E-state index is 0.0800. The number of carbonyl (C=O) groups is 1. The molecule has 0 spiro atoms. The summed E-state index contributed by atoms with van der Waals surface area (Å²) < 4.78 is 17.3. The van der Waals surface area contributed by atoms with Crippen LogP contribution in [0.4, 0.5) is 10.2 Å². The molecule has 0 saturated carbocycles. The normalized spacial score (nSPS) is 12.2. The van der Waals surface area contributed by atoms with Crippen molar-refractivity contribution in [3.8, 4) is 0 Å². The smallest absolute Gasteiger partial charge is 0.180 e. The van der Waals surface area contributed by atoms with Crippen LogP contribution in [0.25, 0.3) is 0 Å². The topological polar surface area (TPSA) is 51.2 Å². The number of carbonyl (C=O) groups excluding carboxylic acids is 1. The lowest BCUT2D eigenvalue weighted by atomic mass is 10.2. The van der Waals surface area contributed by atoms with Crippen LogP contribution in [-0.2, 0) is 9.53 Å². The molecule has 0 fully saturated rings. The number of ketones is 1. The molecule has 0 aromatic carbocycles. The third-order valence-electron chi connectivity index (χ3n) is 1.98. The molecule has 0 radical (unpaired) electrons. The van der Waals surface area contributed by atoms with Crippen molar-refractivity contribution in [2.45, 2.75) is 13.0 Å². The van der Waals surface area contributed by atoms with Crippen LogP contribution in [0, 0.1) is 5.82 Å². The number of hydrogen-bond donors (Lipinski definition) is 1. The number of ether oxygens (including phenoxy) is 1. The summed E-state index contributed by atoms with van der Waals surface area (Å²) in [4.78, 5) is 15.1. The molecule has 5 heteroatoms. The van der Waals surface area contributed by atoms with E-state index in [4.69, 9.17) is 4.74 Å². The third kappa shape index (κ3) is 3.63. The largest absolute Gasteiger partial charge is 0.374 e. The standard InChI is InChI=1S/C10H13FN2O2/c1-7(15-2)9(14)6-13-10-4-3-8(11)5-12-10/h3-5,7H,6H2,1-2H3,(H,12,13)/t7-/m0/s1. The number of pyridine rings is 1. The second-order valence-electron chi connectivity index (χ2n) is 3.06. The summed E-state index contributed by atoms with van der Waals surface area (Å²) in [5, 5.41) is 2.78. The SMILES string of the molecule is CO[C@@H](C)C(=O)CNc1ccc(F)cn1. The van der Waals surface area contributed by atoms with Gasteiger partial charge in [0, 0.05) is 7.11 Å². The van der Waals surface area contributed by atoms with E-state index in [-0.39, 0.29) is 12.3 Å². The monoisotopic (exact) mass is 212 g/mol. The van der Waals surface area contributed by atoms with E-state index in [2.05, 4.69) is 10.3 Å². The number of nitrogens with one attached hydrogen (secondary N) is 1. The van der Waals surface area contributed by atoms with E-state index >= 15 is 0 Å². The molecule has 4 nitrogen and oxygen atoms in total. The second kappa shape index (κ2) is 5.41. The first kappa shape index (κ1) is 11.6. The van der Waals surface area contributed by atoms with E-state index < -0.39 is 11.9 Å². The Morgan fingerprint density at radius 2 is 2.40 bits per heavy atom. The molecule has 1 N–H and O–H groups in total. The first-order valence-corrected chi connectivity index (χ1v) is 4.54. The lowest BCUT2D eigenvalue weighted by molar-refractivity contribution is -0.126. The quantitative estimate of drug-likeness (QED) is 0.797. The van der Waals surface area contributed by atoms with Crippen molar-refractivity contribution in [3.05, 3.63) is 24.1 Å². The molecule has 0 saturated heterocycles. The van der Waals surface area contributed by atoms with Gasteiger partial charge < -0.3 is 10.1 Å². The number of rotatable bonds is 5. The fourth-order valence-electron chi connectivity index (χ4n) is 0.933. The fraction of sp³-hybridized carbons (Fsp3) is 0.400. The van der Waals surface area contributed by atoms with Crippen LogP contribution in [0.1, 0.15) is 6.92 Å². The maximum Gasteiger partial charge on any atom is 0.180 e.